The van der Waals surface area contributed by atoms with Crippen LogP contribution in [-0.2, 0) is 0 Å². The molecule has 3 nitrogen and oxygen atoms in total. The molecule has 0 heterocycles. The highest BCUT2D eigenvalue weighted by Crippen LogP contribution is 2.28. The van der Waals surface area contributed by atoms with Crippen LogP contribution in [0.1, 0.15) is 16.8 Å². The lowest BCUT2D eigenvalue weighted by Crippen LogP contribution is -2.13. The van der Waals surface area contributed by atoms with E-state index in [4.69, 9.17) is 5.73 Å². The van der Waals surface area contributed by atoms with Gasteiger partial charge >= 0.3 is 0 Å². The lowest BCUT2D eigenvalue weighted by atomic mass is 10.1. The molecule has 0 aromatic heterocycles. The summed E-state index contributed by atoms with van der Waals surface area (Å²) in [5.41, 5.74) is 4.38. The number of halogens is 3. The summed E-state index contributed by atoms with van der Waals surface area (Å²) >= 11 is 0. The minimum Gasteiger partial charge on any atom is -0.493 e. The number of Topliss-reactive ketones (excluding diaryl/α,β-unsaturated/α-hetero) is 1. The molecule has 1 rings (SSSR count). The zero-order valence-corrected chi connectivity index (χ0v) is 8.52. The van der Waals surface area contributed by atoms with Gasteiger partial charge in [0, 0.05) is 12.5 Å². The number of nitrogens with two attached hydrogens (primary N) is 1. The van der Waals surface area contributed by atoms with Crippen LogP contribution in [0.25, 0.3) is 0 Å². The Morgan fingerprint density at radius 1 is 1.38 bits per heavy atom. The SMILES string of the molecule is COc1c(F)cc(F)c(F)c1C(=O)CCN. The standard InChI is InChI=1S/C10H10F3NO2/c1-16-10-6(12)4-5(11)9(13)8(10)7(15)2-3-14/h4H,2-3,14H2,1H3. The minimum atomic E-state index is -1.43. The molecule has 6 heteroatoms. The van der Waals surface area contributed by atoms with Crippen molar-refractivity contribution < 1.29 is 22.7 Å². The van der Waals surface area contributed by atoms with Crippen molar-refractivity contribution in [3.8, 4) is 5.75 Å². The van der Waals surface area contributed by atoms with Crippen molar-refractivity contribution in [3.05, 3.63) is 29.1 Å². The molecule has 0 aliphatic carbocycles. The van der Waals surface area contributed by atoms with Crippen LogP contribution in [-0.4, -0.2) is 19.4 Å². The molecule has 0 fully saturated rings. The lowest BCUT2D eigenvalue weighted by Gasteiger charge is -2.09. The first kappa shape index (κ1) is 12.5. The van der Waals surface area contributed by atoms with Crippen LogP contribution in [0.2, 0.25) is 0 Å². The van der Waals surface area contributed by atoms with Gasteiger partial charge in [-0.1, -0.05) is 0 Å². The molecule has 1 aromatic rings. The number of ether oxygens (including phenoxy) is 1. The maximum atomic E-state index is 13.3. The van der Waals surface area contributed by atoms with Crippen molar-refractivity contribution in [1.82, 2.24) is 0 Å². The second-order valence-electron chi connectivity index (χ2n) is 3.02. The summed E-state index contributed by atoms with van der Waals surface area (Å²) in [5.74, 6) is -5.37. The van der Waals surface area contributed by atoms with Crippen molar-refractivity contribution >= 4 is 5.78 Å². The number of hydrogen-bond acceptors (Lipinski definition) is 3. The lowest BCUT2D eigenvalue weighted by molar-refractivity contribution is 0.0976. The molecule has 1 aromatic carbocycles. The highest BCUT2D eigenvalue weighted by atomic mass is 19.2. The first-order chi connectivity index (χ1) is 7.52. The quantitative estimate of drug-likeness (QED) is 0.635. The van der Waals surface area contributed by atoms with Crippen molar-refractivity contribution in [3.63, 3.8) is 0 Å². The van der Waals surface area contributed by atoms with Gasteiger partial charge in [-0.25, -0.2) is 13.2 Å². The Morgan fingerprint density at radius 2 is 2.00 bits per heavy atom. The molecule has 0 radical (unpaired) electrons. The number of rotatable bonds is 4. The summed E-state index contributed by atoms with van der Waals surface area (Å²) in [5, 5.41) is 0. The first-order valence-electron chi connectivity index (χ1n) is 4.47. The average molecular weight is 233 g/mol. The summed E-state index contributed by atoms with van der Waals surface area (Å²) < 4.78 is 43.9. The van der Waals surface area contributed by atoms with Crippen LogP contribution in [0.15, 0.2) is 6.07 Å². The Morgan fingerprint density at radius 3 is 2.50 bits per heavy atom. The molecule has 0 spiro atoms. The van der Waals surface area contributed by atoms with E-state index >= 15 is 0 Å². The monoisotopic (exact) mass is 233 g/mol. The zero-order valence-electron chi connectivity index (χ0n) is 8.52. The molecule has 16 heavy (non-hydrogen) atoms. The first-order valence-corrected chi connectivity index (χ1v) is 4.47. The van der Waals surface area contributed by atoms with Gasteiger partial charge in [-0.15, -0.1) is 0 Å². The van der Waals surface area contributed by atoms with Crippen LogP contribution in [0.5, 0.6) is 5.75 Å². The molecule has 0 atom stereocenters. The fraction of sp³-hybridized carbons (Fsp3) is 0.300. The van der Waals surface area contributed by atoms with E-state index in [0.717, 1.165) is 7.11 Å². The van der Waals surface area contributed by atoms with Crippen LogP contribution in [0.3, 0.4) is 0 Å². The molecule has 0 aliphatic rings. The van der Waals surface area contributed by atoms with E-state index in [-0.39, 0.29) is 13.0 Å². The summed E-state index contributed by atoms with van der Waals surface area (Å²) in [6.07, 6.45) is -0.212. The van der Waals surface area contributed by atoms with E-state index in [9.17, 15) is 18.0 Å². The number of benzene rings is 1. The fourth-order valence-corrected chi connectivity index (χ4v) is 1.28. The third-order valence-corrected chi connectivity index (χ3v) is 1.98. The van der Waals surface area contributed by atoms with Crippen molar-refractivity contribution in [2.75, 3.05) is 13.7 Å². The van der Waals surface area contributed by atoms with Gasteiger partial charge in [0.05, 0.1) is 7.11 Å². The van der Waals surface area contributed by atoms with Crippen molar-refractivity contribution in [2.45, 2.75) is 6.42 Å². The van der Waals surface area contributed by atoms with Crippen LogP contribution in [0, 0.1) is 17.5 Å². The summed E-state index contributed by atoms with van der Waals surface area (Å²) in [6.45, 7) is -0.0421. The van der Waals surface area contributed by atoms with Crippen LogP contribution >= 0.6 is 0 Å². The second-order valence-corrected chi connectivity index (χ2v) is 3.02. The van der Waals surface area contributed by atoms with Gasteiger partial charge in [0.25, 0.3) is 0 Å². The molecule has 2 N–H and O–H groups in total. The molecule has 0 amide bonds. The van der Waals surface area contributed by atoms with Gasteiger partial charge in [0.1, 0.15) is 5.56 Å². The van der Waals surface area contributed by atoms with E-state index < -0.39 is 34.5 Å². The number of methoxy groups -OCH3 is 1. The Kier molecular flexibility index (Phi) is 3.89. The van der Waals surface area contributed by atoms with Gasteiger partial charge in [0.2, 0.25) is 0 Å². The largest absolute Gasteiger partial charge is 0.493 e. The number of hydrogen-bond donors (Lipinski definition) is 1. The molecule has 0 aliphatic heterocycles. The fourth-order valence-electron chi connectivity index (χ4n) is 1.28. The highest BCUT2D eigenvalue weighted by Gasteiger charge is 2.24. The molecular formula is C10H10F3NO2. The van der Waals surface area contributed by atoms with E-state index in [1.807, 2.05) is 0 Å². The van der Waals surface area contributed by atoms with Gasteiger partial charge < -0.3 is 10.5 Å². The molecule has 0 unspecified atom stereocenters. The highest BCUT2D eigenvalue weighted by molar-refractivity contribution is 5.99. The van der Waals surface area contributed by atoms with E-state index in [1.54, 1.807) is 0 Å². The van der Waals surface area contributed by atoms with Gasteiger partial charge in [-0.3, -0.25) is 4.79 Å². The minimum absolute atomic E-state index is 0.0421. The Hall–Kier alpha value is -1.56. The van der Waals surface area contributed by atoms with E-state index in [1.165, 1.54) is 0 Å². The summed E-state index contributed by atoms with van der Waals surface area (Å²) in [6, 6.07) is 0.327. The van der Waals surface area contributed by atoms with Gasteiger partial charge in [-0.05, 0) is 6.54 Å². The maximum absolute atomic E-state index is 13.3. The summed E-state index contributed by atoms with van der Waals surface area (Å²) in [7, 11) is 1.06. The Bertz CT molecular complexity index is 421. The summed E-state index contributed by atoms with van der Waals surface area (Å²) in [4.78, 5) is 11.4. The number of ketones is 1. The molecule has 0 saturated carbocycles. The Labute approximate surface area is 90.0 Å². The van der Waals surface area contributed by atoms with Crippen LogP contribution in [0.4, 0.5) is 13.2 Å². The maximum Gasteiger partial charge on any atom is 0.173 e. The third-order valence-electron chi connectivity index (χ3n) is 1.98. The normalized spacial score (nSPS) is 10.3. The van der Waals surface area contributed by atoms with Crippen molar-refractivity contribution in [2.24, 2.45) is 5.73 Å². The molecule has 0 saturated heterocycles. The smallest absolute Gasteiger partial charge is 0.173 e. The van der Waals surface area contributed by atoms with E-state index in [2.05, 4.69) is 4.74 Å². The predicted octanol–water partition coefficient (Wildman–Crippen LogP) is 1.64. The average Bonchev–Trinajstić information content (AvgIpc) is 2.23. The molecular weight excluding hydrogens is 223 g/mol. The van der Waals surface area contributed by atoms with E-state index in [0.29, 0.717) is 6.07 Å². The molecule has 0 bridgehead atoms. The number of carbonyl (C=O) groups is 1. The second kappa shape index (κ2) is 4.98. The zero-order chi connectivity index (χ0) is 12.3. The van der Waals surface area contributed by atoms with Gasteiger partial charge in [-0.2, -0.15) is 0 Å². The topological polar surface area (TPSA) is 52.3 Å². The van der Waals surface area contributed by atoms with Gasteiger partial charge in [0.15, 0.2) is 29.0 Å². The number of carbonyl (C=O) groups excluding carboxylic acids is 1. The molecule has 88 valence electrons. The van der Waals surface area contributed by atoms with Crippen molar-refractivity contribution in [1.29, 1.82) is 0 Å². The third kappa shape index (κ3) is 2.16. The van der Waals surface area contributed by atoms with Crippen LogP contribution < -0.4 is 10.5 Å². The predicted molar refractivity (Wildman–Crippen MR) is 50.9 cm³/mol. The Balaban J connectivity index is 3.38.